The van der Waals surface area contributed by atoms with Crippen LogP contribution in [-0.4, -0.2) is 26.8 Å². The average molecular weight is 266 g/mol. The van der Waals surface area contributed by atoms with Gasteiger partial charge in [0, 0.05) is 28.7 Å². The zero-order chi connectivity index (χ0) is 14.3. The second kappa shape index (κ2) is 4.38. The number of Topliss-reactive ketones (excluding diaryl/α,β-unsaturated/α-hetero) is 1. The van der Waals surface area contributed by atoms with Crippen molar-refractivity contribution in [2.24, 2.45) is 0 Å². The number of carbonyl (C=O) groups is 2. The van der Waals surface area contributed by atoms with Gasteiger partial charge in [-0.25, -0.2) is 4.79 Å². The van der Waals surface area contributed by atoms with Crippen LogP contribution in [0.25, 0.3) is 21.8 Å². The molecule has 0 radical (unpaired) electrons. The number of hydrogen-bond donors (Lipinski definition) is 1. The fraction of sp³-hybridized carbons (Fsp3) is 0.0667. The lowest BCUT2D eigenvalue weighted by molar-refractivity contribution is 0.0698. The van der Waals surface area contributed by atoms with Gasteiger partial charge in [-0.2, -0.15) is 0 Å². The van der Waals surface area contributed by atoms with Gasteiger partial charge in [0.05, 0.1) is 16.6 Å². The second-order valence-corrected chi connectivity index (χ2v) is 4.44. The number of ketones is 1. The largest absolute Gasteiger partial charge is 0.478 e. The molecule has 0 aliphatic carbocycles. The van der Waals surface area contributed by atoms with E-state index >= 15 is 0 Å². The molecule has 2 aromatic heterocycles. The van der Waals surface area contributed by atoms with Crippen molar-refractivity contribution < 1.29 is 14.7 Å². The minimum Gasteiger partial charge on any atom is -0.478 e. The Balaban J connectivity index is 2.49. The molecule has 0 atom stereocenters. The molecule has 0 aliphatic heterocycles. The van der Waals surface area contributed by atoms with Gasteiger partial charge in [-0.3, -0.25) is 14.8 Å². The number of aromatic nitrogens is 2. The van der Waals surface area contributed by atoms with Gasteiger partial charge in [-0.15, -0.1) is 0 Å². The highest BCUT2D eigenvalue weighted by molar-refractivity contribution is 6.15. The number of nitrogens with zero attached hydrogens (tertiary/aromatic N) is 2. The summed E-state index contributed by atoms with van der Waals surface area (Å²) in [6, 6.07) is 6.49. The lowest BCUT2D eigenvalue weighted by Crippen LogP contribution is -2.00. The Bertz CT molecular complexity index is 799. The molecular formula is C15H10N2O3. The third kappa shape index (κ3) is 1.72. The van der Waals surface area contributed by atoms with Crippen LogP contribution in [0.15, 0.2) is 36.7 Å². The predicted molar refractivity (Wildman–Crippen MR) is 74.0 cm³/mol. The number of carboxylic acids is 1. The van der Waals surface area contributed by atoms with Crippen molar-refractivity contribution in [3.8, 4) is 0 Å². The van der Waals surface area contributed by atoms with Crippen LogP contribution in [0.3, 0.4) is 0 Å². The van der Waals surface area contributed by atoms with Gasteiger partial charge < -0.3 is 5.11 Å². The molecule has 0 aliphatic rings. The van der Waals surface area contributed by atoms with Gasteiger partial charge in [0.2, 0.25) is 0 Å². The number of fused-ring (bicyclic) bond motifs is 3. The first-order valence-electron chi connectivity index (χ1n) is 6.00. The van der Waals surface area contributed by atoms with Gasteiger partial charge in [-0.1, -0.05) is 12.1 Å². The van der Waals surface area contributed by atoms with E-state index in [0.29, 0.717) is 27.4 Å². The maximum atomic E-state index is 11.6. The summed E-state index contributed by atoms with van der Waals surface area (Å²) in [5, 5.41) is 10.4. The molecule has 0 saturated heterocycles. The number of pyridine rings is 2. The Morgan fingerprint density at radius 2 is 1.40 bits per heavy atom. The second-order valence-electron chi connectivity index (χ2n) is 4.44. The van der Waals surface area contributed by atoms with Crippen molar-refractivity contribution in [3.05, 3.63) is 47.8 Å². The molecule has 5 nitrogen and oxygen atoms in total. The van der Waals surface area contributed by atoms with Crippen LogP contribution in [0.2, 0.25) is 0 Å². The molecule has 0 amide bonds. The first-order chi connectivity index (χ1) is 9.59. The number of benzene rings is 1. The fourth-order valence-electron chi connectivity index (χ4n) is 2.32. The summed E-state index contributed by atoms with van der Waals surface area (Å²) >= 11 is 0. The van der Waals surface area contributed by atoms with E-state index in [4.69, 9.17) is 0 Å². The van der Waals surface area contributed by atoms with E-state index in [1.54, 1.807) is 18.2 Å². The number of hydrogen-bond acceptors (Lipinski definition) is 4. The molecule has 0 bridgehead atoms. The van der Waals surface area contributed by atoms with Crippen LogP contribution in [0.4, 0.5) is 0 Å². The van der Waals surface area contributed by atoms with Crippen LogP contribution < -0.4 is 0 Å². The molecule has 20 heavy (non-hydrogen) atoms. The molecule has 3 rings (SSSR count). The first kappa shape index (κ1) is 12.2. The molecular weight excluding hydrogens is 256 g/mol. The van der Waals surface area contributed by atoms with Gasteiger partial charge in [0.25, 0.3) is 0 Å². The first-order valence-corrected chi connectivity index (χ1v) is 6.00. The predicted octanol–water partition coefficient (Wildman–Crippen LogP) is 2.68. The smallest absolute Gasteiger partial charge is 0.336 e. The highest BCUT2D eigenvalue weighted by Crippen LogP contribution is 2.26. The monoisotopic (exact) mass is 266 g/mol. The maximum absolute atomic E-state index is 11.6. The molecule has 2 heterocycles. The van der Waals surface area contributed by atoms with Crippen molar-refractivity contribution in [1.29, 1.82) is 0 Å². The summed E-state index contributed by atoms with van der Waals surface area (Å²) < 4.78 is 0. The molecule has 0 fully saturated rings. The van der Waals surface area contributed by atoms with E-state index in [-0.39, 0.29) is 11.3 Å². The van der Waals surface area contributed by atoms with E-state index in [1.807, 2.05) is 0 Å². The van der Waals surface area contributed by atoms with E-state index in [1.165, 1.54) is 25.4 Å². The van der Waals surface area contributed by atoms with Gasteiger partial charge in [0.1, 0.15) is 0 Å². The van der Waals surface area contributed by atoms with Crippen LogP contribution in [0, 0.1) is 0 Å². The van der Waals surface area contributed by atoms with E-state index < -0.39 is 5.97 Å². The van der Waals surface area contributed by atoms with Crippen LogP contribution in [0.1, 0.15) is 27.6 Å². The summed E-state index contributed by atoms with van der Waals surface area (Å²) in [7, 11) is 0. The lowest BCUT2D eigenvalue weighted by Gasteiger charge is -2.07. The summed E-state index contributed by atoms with van der Waals surface area (Å²) in [5.41, 5.74) is 1.76. The summed E-state index contributed by atoms with van der Waals surface area (Å²) in [4.78, 5) is 31.3. The molecule has 1 N–H and O–H groups in total. The molecule has 1 aromatic carbocycles. The number of carbonyl (C=O) groups excluding carboxylic acids is 1. The third-order valence-electron chi connectivity index (χ3n) is 3.23. The van der Waals surface area contributed by atoms with Crippen molar-refractivity contribution in [2.45, 2.75) is 6.92 Å². The van der Waals surface area contributed by atoms with Crippen molar-refractivity contribution in [2.75, 3.05) is 0 Å². The molecule has 0 unspecified atom stereocenters. The highest BCUT2D eigenvalue weighted by Gasteiger charge is 2.14. The number of aromatic carboxylic acids is 1. The fourth-order valence-corrected chi connectivity index (χ4v) is 2.32. The molecule has 0 spiro atoms. The normalized spacial score (nSPS) is 10.8. The van der Waals surface area contributed by atoms with Crippen molar-refractivity contribution in [3.63, 3.8) is 0 Å². The van der Waals surface area contributed by atoms with Crippen LogP contribution >= 0.6 is 0 Å². The maximum Gasteiger partial charge on any atom is 0.336 e. The van der Waals surface area contributed by atoms with Crippen LogP contribution in [0.5, 0.6) is 0 Å². The Hall–Kier alpha value is -2.82. The zero-order valence-corrected chi connectivity index (χ0v) is 10.6. The summed E-state index contributed by atoms with van der Waals surface area (Å²) in [6.07, 6.45) is 2.97. The minimum atomic E-state index is -1.01. The molecule has 5 heteroatoms. The molecule has 3 aromatic rings. The van der Waals surface area contributed by atoms with Gasteiger partial charge in [0.15, 0.2) is 5.78 Å². The van der Waals surface area contributed by atoms with Crippen molar-refractivity contribution >= 4 is 33.6 Å². The summed E-state index contributed by atoms with van der Waals surface area (Å²) in [5.74, 6) is -1.08. The van der Waals surface area contributed by atoms with E-state index in [9.17, 15) is 14.7 Å². The quantitative estimate of drug-likeness (QED) is 0.569. The summed E-state index contributed by atoms with van der Waals surface area (Å²) in [6.45, 7) is 1.49. The van der Waals surface area contributed by atoms with Crippen LogP contribution in [-0.2, 0) is 0 Å². The SMILES string of the molecule is CC(=O)c1ccnc2c1ccc1c(C(=O)O)ccnc12. The molecule has 0 saturated carbocycles. The third-order valence-corrected chi connectivity index (χ3v) is 3.23. The Kier molecular flexibility index (Phi) is 2.68. The highest BCUT2D eigenvalue weighted by atomic mass is 16.4. The number of rotatable bonds is 2. The Labute approximate surface area is 113 Å². The number of carboxylic acid groups (broad SMARTS) is 1. The lowest BCUT2D eigenvalue weighted by atomic mass is 10.0. The standard InChI is InChI=1S/C15H10N2O3/c1-8(18)9-4-6-16-13-10(9)2-3-11-12(15(19)20)5-7-17-14(11)13/h2-7H,1H3,(H,19,20). The Morgan fingerprint density at radius 3 is 1.90 bits per heavy atom. The van der Waals surface area contributed by atoms with E-state index in [0.717, 1.165) is 0 Å². The van der Waals surface area contributed by atoms with Gasteiger partial charge in [-0.05, 0) is 19.1 Å². The van der Waals surface area contributed by atoms with Crippen molar-refractivity contribution in [1.82, 2.24) is 9.97 Å². The van der Waals surface area contributed by atoms with Gasteiger partial charge >= 0.3 is 5.97 Å². The van der Waals surface area contributed by atoms with E-state index in [2.05, 4.69) is 9.97 Å². The zero-order valence-electron chi connectivity index (χ0n) is 10.6. The Morgan fingerprint density at radius 1 is 0.900 bits per heavy atom. The topological polar surface area (TPSA) is 80.2 Å². The average Bonchev–Trinajstić information content (AvgIpc) is 2.45. The minimum absolute atomic E-state index is 0.0638. The molecule has 98 valence electrons.